The van der Waals surface area contributed by atoms with Crippen LogP contribution in [-0.4, -0.2) is 34.1 Å². The zero-order valence-electron chi connectivity index (χ0n) is 18.5. The number of aromatic amines is 1. The second kappa shape index (κ2) is 9.20. The van der Waals surface area contributed by atoms with Gasteiger partial charge >= 0.3 is 0 Å². The van der Waals surface area contributed by atoms with E-state index in [1.807, 2.05) is 59.3 Å². The van der Waals surface area contributed by atoms with Gasteiger partial charge in [-0.25, -0.2) is 4.98 Å². The Morgan fingerprint density at radius 3 is 2.70 bits per heavy atom. The Balaban J connectivity index is 1.33. The summed E-state index contributed by atoms with van der Waals surface area (Å²) in [4.78, 5) is 20.5. The van der Waals surface area contributed by atoms with Crippen molar-refractivity contribution in [1.82, 2.24) is 19.9 Å². The van der Waals surface area contributed by atoms with Gasteiger partial charge in [0.2, 0.25) is 5.91 Å². The van der Waals surface area contributed by atoms with E-state index in [9.17, 15) is 4.79 Å². The van der Waals surface area contributed by atoms with E-state index in [2.05, 4.69) is 39.6 Å². The predicted octanol–water partition coefficient (Wildman–Crippen LogP) is 4.86. The van der Waals surface area contributed by atoms with Crippen LogP contribution in [0.25, 0.3) is 21.9 Å². The van der Waals surface area contributed by atoms with Crippen molar-refractivity contribution in [3.8, 4) is 5.75 Å². The monoisotopic (exact) mass is 438 g/mol. The molecule has 166 valence electrons. The number of amides is 1. The molecule has 5 aromatic rings. The lowest BCUT2D eigenvalue weighted by molar-refractivity contribution is -0.121. The number of aromatic nitrogens is 3. The van der Waals surface area contributed by atoms with Gasteiger partial charge in [-0.1, -0.05) is 42.5 Å². The predicted molar refractivity (Wildman–Crippen MR) is 130 cm³/mol. The highest BCUT2D eigenvalue weighted by Gasteiger charge is 2.19. The largest absolute Gasteiger partial charge is 0.497 e. The molecule has 0 saturated heterocycles. The smallest absolute Gasteiger partial charge is 0.221 e. The minimum atomic E-state index is 0.0186. The van der Waals surface area contributed by atoms with Crippen molar-refractivity contribution in [2.24, 2.45) is 0 Å². The van der Waals surface area contributed by atoms with Crippen LogP contribution in [0.3, 0.4) is 0 Å². The number of imidazole rings is 1. The van der Waals surface area contributed by atoms with E-state index in [-0.39, 0.29) is 11.8 Å². The molecule has 33 heavy (non-hydrogen) atoms. The number of benzene rings is 3. The number of carbonyl (C=O) groups is 1. The number of H-pyrrole nitrogens is 1. The molecule has 0 spiro atoms. The first-order chi connectivity index (χ1) is 16.2. The normalized spacial score (nSPS) is 12.2. The van der Waals surface area contributed by atoms with Crippen molar-refractivity contribution in [1.29, 1.82) is 0 Å². The van der Waals surface area contributed by atoms with Gasteiger partial charge in [0.15, 0.2) is 0 Å². The van der Waals surface area contributed by atoms with Gasteiger partial charge in [0.05, 0.1) is 24.5 Å². The third kappa shape index (κ3) is 4.32. The number of methoxy groups -OCH3 is 1. The summed E-state index contributed by atoms with van der Waals surface area (Å²) in [6.45, 7) is 1.10. The number of aryl methyl sites for hydroxylation is 1. The highest BCUT2D eigenvalue weighted by Crippen LogP contribution is 2.31. The Hall–Kier alpha value is -4.06. The molecule has 0 saturated carbocycles. The maximum atomic E-state index is 12.8. The van der Waals surface area contributed by atoms with Crippen molar-refractivity contribution in [2.45, 2.75) is 18.9 Å². The lowest BCUT2D eigenvalue weighted by Crippen LogP contribution is -2.29. The van der Waals surface area contributed by atoms with E-state index >= 15 is 0 Å². The molecule has 1 atom stereocenters. The van der Waals surface area contributed by atoms with E-state index in [1.54, 1.807) is 13.4 Å². The minimum Gasteiger partial charge on any atom is -0.497 e. The summed E-state index contributed by atoms with van der Waals surface area (Å²) in [7, 11) is 1.66. The maximum Gasteiger partial charge on any atom is 0.221 e. The van der Waals surface area contributed by atoms with Gasteiger partial charge in [0.25, 0.3) is 0 Å². The van der Waals surface area contributed by atoms with Crippen LogP contribution in [0, 0.1) is 0 Å². The fourth-order valence-corrected chi connectivity index (χ4v) is 4.34. The zero-order chi connectivity index (χ0) is 22.6. The maximum absolute atomic E-state index is 12.8. The minimum absolute atomic E-state index is 0.0186. The summed E-state index contributed by atoms with van der Waals surface area (Å²) < 4.78 is 7.35. The molecule has 0 fully saturated rings. The fraction of sp³-hybridized carbons (Fsp3) is 0.185. The molecule has 6 heteroatoms. The van der Waals surface area contributed by atoms with Crippen LogP contribution in [0.4, 0.5) is 0 Å². The standard InChI is InChI=1S/C27H26N4O2/c1-33-20-12-10-19(11-13-20)22(23-17-28-24-7-3-2-6-21(23)24)16-29-27(32)14-15-31-18-30-25-8-4-5-9-26(25)31/h2-13,17-18,22,28H,14-16H2,1H3,(H,29,32). The van der Waals surface area contributed by atoms with Crippen molar-refractivity contribution in [2.75, 3.05) is 13.7 Å². The number of ether oxygens (including phenoxy) is 1. The lowest BCUT2D eigenvalue weighted by Gasteiger charge is -2.19. The molecule has 2 N–H and O–H groups in total. The summed E-state index contributed by atoms with van der Waals surface area (Å²) >= 11 is 0. The Labute approximate surface area is 192 Å². The van der Waals surface area contributed by atoms with Gasteiger partial charge in [-0.05, 0) is 41.5 Å². The highest BCUT2D eigenvalue weighted by atomic mass is 16.5. The number of nitrogens with one attached hydrogen (secondary N) is 2. The van der Waals surface area contributed by atoms with Crippen LogP contribution in [-0.2, 0) is 11.3 Å². The lowest BCUT2D eigenvalue weighted by atomic mass is 9.90. The van der Waals surface area contributed by atoms with E-state index < -0.39 is 0 Å². The Morgan fingerprint density at radius 2 is 1.85 bits per heavy atom. The van der Waals surface area contributed by atoms with Crippen LogP contribution in [0.2, 0.25) is 0 Å². The molecule has 0 aliphatic carbocycles. The topological polar surface area (TPSA) is 71.9 Å². The second-order valence-corrected chi connectivity index (χ2v) is 8.10. The third-order valence-corrected chi connectivity index (χ3v) is 6.13. The van der Waals surface area contributed by atoms with E-state index in [0.717, 1.165) is 38.8 Å². The average molecular weight is 439 g/mol. The van der Waals surface area contributed by atoms with Crippen LogP contribution in [0.5, 0.6) is 5.75 Å². The second-order valence-electron chi connectivity index (χ2n) is 8.10. The Morgan fingerprint density at radius 1 is 1.06 bits per heavy atom. The van der Waals surface area contributed by atoms with Crippen LogP contribution in [0.1, 0.15) is 23.5 Å². The van der Waals surface area contributed by atoms with Gasteiger partial charge in [0.1, 0.15) is 5.75 Å². The van der Waals surface area contributed by atoms with E-state index in [0.29, 0.717) is 19.5 Å². The van der Waals surface area contributed by atoms with Gasteiger partial charge in [-0.2, -0.15) is 0 Å². The van der Waals surface area contributed by atoms with Gasteiger partial charge in [0, 0.05) is 42.5 Å². The number of fused-ring (bicyclic) bond motifs is 2. The van der Waals surface area contributed by atoms with Gasteiger partial charge in [-0.3, -0.25) is 4.79 Å². The summed E-state index contributed by atoms with van der Waals surface area (Å²) in [5, 5.41) is 4.32. The van der Waals surface area contributed by atoms with Crippen molar-refractivity contribution in [3.63, 3.8) is 0 Å². The first kappa shape index (κ1) is 20.8. The molecular weight excluding hydrogens is 412 g/mol. The van der Waals surface area contributed by atoms with E-state index in [4.69, 9.17) is 4.74 Å². The first-order valence-corrected chi connectivity index (χ1v) is 11.1. The van der Waals surface area contributed by atoms with Crippen molar-refractivity contribution < 1.29 is 9.53 Å². The van der Waals surface area contributed by atoms with E-state index in [1.165, 1.54) is 0 Å². The molecule has 0 aliphatic rings. The summed E-state index contributed by atoms with van der Waals surface area (Å²) in [5.74, 6) is 0.851. The van der Waals surface area contributed by atoms with Crippen molar-refractivity contribution >= 4 is 27.8 Å². The quantitative estimate of drug-likeness (QED) is 0.363. The number of para-hydroxylation sites is 3. The Kier molecular flexibility index (Phi) is 5.81. The molecule has 2 heterocycles. The summed E-state index contributed by atoms with van der Waals surface area (Å²) in [6.07, 6.45) is 4.23. The SMILES string of the molecule is COc1ccc(C(CNC(=O)CCn2cnc3ccccc32)c2c[nH]c3ccccc23)cc1. The molecule has 1 unspecified atom stereocenters. The molecular formula is C27H26N4O2. The summed E-state index contributed by atoms with van der Waals surface area (Å²) in [5.41, 5.74) is 5.36. The molecule has 3 aromatic carbocycles. The first-order valence-electron chi connectivity index (χ1n) is 11.1. The fourth-order valence-electron chi connectivity index (χ4n) is 4.34. The molecule has 1 amide bonds. The molecule has 0 bridgehead atoms. The van der Waals surface area contributed by atoms with Crippen LogP contribution >= 0.6 is 0 Å². The molecule has 6 nitrogen and oxygen atoms in total. The van der Waals surface area contributed by atoms with Gasteiger partial charge in [-0.15, -0.1) is 0 Å². The zero-order valence-corrected chi connectivity index (χ0v) is 18.5. The summed E-state index contributed by atoms with van der Waals surface area (Å²) in [6, 6.07) is 24.3. The number of hydrogen-bond donors (Lipinski definition) is 2. The molecule has 5 rings (SSSR count). The molecule has 0 radical (unpaired) electrons. The number of hydrogen-bond acceptors (Lipinski definition) is 3. The molecule has 2 aromatic heterocycles. The number of nitrogens with zero attached hydrogens (tertiary/aromatic N) is 2. The molecule has 0 aliphatic heterocycles. The van der Waals surface area contributed by atoms with Crippen LogP contribution in [0.15, 0.2) is 85.3 Å². The Bertz CT molecular complexity index is 1380. The third-order valence-electron chi connectivity index (χ3n) is 6.13. The number of rotatable bonds is 8. The van der Waals surface area contributed by atoms with Gasteiger partial charge < -0.3 is 19.6 Å². The van der Waals surface area contributed by atoms with Crippen molar-refractivity contribution in [3.05, 3.63) is 96.4 Å². The van der Waals surface area contributed by atoms with Crippen LogP contribution < -0.4 is 10.1 Å². The number of carbonyl (C=O) groups excluding carboxylic acids is 1. The average Bonchev–Trinajstić information content (AvgIpc) is 3.48. The highest BCUT2D eigenvalue weighted by molar-refractivity contribution is 5.84.